The molecule has 0 spiro atoms. The highest BCUT2D eigenvalue weighted by Gasteiger charge is 2.32. The number of aromatic nitrogens is 6. The van der Waals surface area contributed by atoms with Crippen LogP contribution in [-0.4, -0.2) is 34.7 Å². The SMILES string of the molecule is [C-]#[N+]c1ccc(-n2nccc2-c2c(C)n(-c3cccc(C(F)(F)F)c3)c(=O)n2C(=O)NCc2ccn(C)n2)cc1. The minimum Gasteiger partial charge on any atom is -0.332 e. The third-order valence-corrected chi connectivity index (χ3v) is 6.22. The van der Waals surface area contributed by atoms with Crippen molar-refractivity contribution in [1.82, 2.24) is 34.0 Å². The van der Waals surface area contributed by atoms with Crippen LogP contribution in [-0.2, 0) is 19.8 Å². The van der Waals surface area contributed by atoms with Crippen molar-refractivity contribution in [3.05, 3.63) is 112 Å². The molecular formula is C27H21F3N8O2. The van der Waals surface area contributed by atoms with E-state index in [1.807, 2.05) is 0 Å². The summed E-state index contributed by atoms with van der Waals surface area (Å²) in [4.78, 5) is 30.6. The Kier molecular flexibility index (Phi) is 6.60. The molecule has 202 valence electrons. The van der Waals surface area contributed by atoms with Gasteiger partial charge in [0.2, 0.25) is 0 Å². The second-order valence-corrected chi connectivity index (χ2v) is 8.83. The van der Waals surface area contributed by atoms with E-state index in [1.165, 1.54) is 23.0 Å². The molecule has 0 aliphatic rings. The van der Waals surface area contributed by atoms with Gasteiger partial charge in [0.25, 0.3) is 0 Å². The Labute approximate surface area is 225 Å². The van der Waals surface area contributed by atoms with Crippen molar-refractivity contribution in [3.63, 3.8) is 0 Å². The van der Waals surface area contributed by atoms with E-state index >= 15 is 0 Å². The molecule has 13 heteroatoms. The van der Waals surface area contributed by atoms with E-state index in [0.29, 0.717) is 22.8 Å². The van der Waals surface area contributed by atoms with Gasteiger partial charge in [-0.3, -0.25) is 9.25 Å². The minimum atomic E-state index is -4.63. The maximum Gasteiger partial charge on any atom is 0.416 e. The zero-order chi connectivity index (χ0) is 28.6. The lowest BCUT2D eigenvalue weighted by Gasteiger charge is -2.12. The van der Waals surface area contributed by atoms with Gasteiger partial charge in [0.1, 0.15) is 5.69 Å². The average molecular weight is 547 g/mol. The van der Waals surface area contributed by atoms with E-state index in [2.05, 4.69) is 20.4 Å². The average Bonchev–Trinajstić information content (AvgIpc) is 3.64. The van der Waals surface area contributed by atoms with Crippen LogP contribution in [0.4, 0.5) is 23.7 Å². The zero-order valence-corrected chi connectivity index (χ0v) is 21.2. The predicted molar refractivity (Wildman–Crippen MR) is 139 cm³/mol. The maximum absolute atomic E-state index is 13.8. The van der Waals surface area contributed by atoms with E-state index in [1.54, 1.807) is 61.2 Å². The van der Waals surface area contributed by atoms with Crippen LogP contribution in [0.2, 0.25) is 0 Å². The largest absolute Gasteiger partial charge is 0.416 e. The van der Waals surface area contributed by atoms with Gasteiger partial charge in [0, 0.05) is 13.2 Å². The number of amides is 1. The lowest BCUT2D eigenvalue weighted by atomic mass is 10.2. The molecule has 0 aliphatic heterocycles. The van der Waals surface area contributed by atoms with E-state index in [-0.39, 0.29) is 23.6 Å². The molecule has 0 unspecified atom stereocenters. The van der Waals surface area contributed by atoms with Gasteiger partial charge in [0.05, 0.1) is 53.3 Å². The summed E-state index contributed by atoms with van der Waals surface area (Å²) in [6, 6.07) is 13.3. The normalized spacial score (nSPS) is 11.4. The van der Waals surface area contributed by atoms with Crippen molar-refractivity contribution in [1.29, 1.82) is 0 Å². The third-order valence-electron chi connectivity index (χ3n) is 6.22. The summed E-state index contributed by atoms with van der Waals surface area (Å²) in [5.41, 5.74) is 0.346. The number of nitrogens with zero attached hydrogens (tertiary/aromatic N) is 7. The number of hydrogen-bond donors (Lipinski definition) is 1. The van der Waals surface area contributed by atoms with Gasteiger partial charge in [-0.05, 0) is 49.4 Å². The molecule has 1 amide bonds. The van der Waals surface area contributed by atoms with Gasteiger partial charge < -0.3 is 5.32 Å². The van der Waals surface area contributed by atoms with Crippen LogP contribution in [0, 0.1) is 13.5 Å². The lowest BCUT2D eigenvalue weighted by Crippen LogP contribution is -2.37. The van der Waals surface area contributed by atoms with Crippen LogP contribution >= 0.6 is 0 Å². The molecule has 40 heavy (non-hydrogen) atoms. The predicted octanol–water partition coefficient (Wildman–Crippen LogP) is 4.86. The van der Waals surface area contributed by atoms with Crippen molar-refractivity contribution in [2.75, 3.05) is 0 Å². The molecule has 0 fully saturated rings. The standard InChI is InChI=1S/C27H21F3N8O2/c1-17-24(23-11-13-33-38(23)21-9-7-19(31-2)8-10-21)37(25(39)32-16-20-12-14-35(3)34-20)26(40)36(17)22-6-4-5-18(15-22)27(28,29)30/h4-15H,16H2,1,3H3,(H,32,39). The molecular weight excluding hydrogens is 525 g/mol. The van der Waals surface area contributed by atoms with Gasteiger partial charge in [-0.2, -0.15) is 23.4 Å². The highest BCUT2D eigenvalue weighted by Crippen LogP contribution is 2.32. The summed E-state index contributed by atoms with van der Waals surface area (Å²) < 4.78 is 45.4. The highest BCUT2D eigenvalue weighted by molar-refractivity contribution is 5.83. The first kappa shape index (κ1) is 26.2. The summed E-state index contributed by atoms with van der Waals surface area (Å²) in [7, 11) is 1.72. The number of nitrogens with one attached hydrogen (secondary N) is 1. The van der Waals surface area contributed by atoms with Crippen LogP contribution in [0.1, 0.15) is 17.0 Å². The zero-order valence-electron chi connectivity index (χ0n) is 21.2. The molecule has 0 saturated heterocycles. The molecule has 0 atom stereocenters. The van der Waals surface area contributed by atoms with Gasteiger partial charge in [-0.1, -0.05) is 18.2 Å². The first-order chi connectivity index (χ1) is 19.1. The van der Waals surface area contributed by atoms with Crippen LogP contribution in [0.25, 0.3) is 27.6 Å². The van der Waals surface area contributed by atoms with Crippen molar-refractivity contribution >= 4 is 11.7 Å². The Morgan fingerprint density at radius 2 is 1.82 bits per heavy atom. The first-order valence-corrected chi connectivity index (χ1v) is 11.9. The molecule has 1 N–H and O–H groups in total. The van der Waals surface area contributed by atoms with Gasteiger partial charge in [-0.25, -0.2) is 23.7 Å². The highest BCUT2D eigenvalue weighted by atomic mass is 19.4. The van der Waals surface area contributed by atoms with Crippen LogP contribution in [0.3, 0.4) is 0 Å². The lowest BCUT2D eigenvalue weighted by molar-refractivity contribution is -0.137. The maximum atomic E-state index is 13.8. The second kappa shape index (κ2) is 10.1. The van der Waals surface area contributed by atoms with Crippen molar-refractivity contribution in [3.8, 4) is 22.8 Å². The number of imidazole rings is 1. The number of carbonyl (C=O) groups excluding carboxylic acids is 1. The second-order valence-electron chi connectivity index (χ2n) is 8.83. The molecule has 2 aromatic carbocycles. The Morgan fingerprint density at radius 1 is 1.07 bits per heavy atom. The summed E-state index contributed by atoms with van der Waals surface area (Å²) in [5.74, 6) is 0. The first-order valence-electron chi connectivity index (χ1n) is 11.9. The van der Waals surface area contributed by atoms with Gasteiger partial charge in [-0.15, -0.1) is 0 Å². The van der Waals surface area contributed by atoms with Crippen LogP contribution in [0.5, 0.6) is 0 Å². The molecule has 5 aromatic rings. The molecule has 0 aliphatic carbocycles. The number of benzene rings is 2. The Balaban J connectivity index is 1.68. The molecule has 3 heterocycles. The molecule has 5 rings (SSSR count). The number of carbonyl (C=O) groups is 1. The summed E-state index contributed by atoms with van der Waals surface area (Å²) in [5, 5.41) is 11.2. The Bertz CT molecular complexity index is 1820. The molecule has 10 nitrogen and oxygen atoms in total. The van der Waals surface area contributed by atoms with Crippen LogP contribution < -0.4 is 11.0 Å². The monoisotopic (exact) mass is 546 g/mol. The summed E-state index contributed by atoms with van der Waals surface area (Å²) in [6.07, 6.45) is -1.46. The van der Waals surface area contributed by atoms with Crippen molar-refractivity contribution in [2.45, 2.75) is 19.6 Å². The number of halogens is 3. The molecule has 3 aromatic heterocycles. The number of hydrogen-bond acceptors (Lipinski definition) is 4. The van der Waals surface area contributed by atoms with E-state index in [0.717, 1.165) is 21.3 Å². The molecule has 0 bridgehead atoms. The van der Waals surface area contributed by atoms with E-state index < -0.39 is 23.5 Å². The van der Waals surface area contributed by atoms with Crippen molar-refractivity contribution in [2.24, 2.45) is 7.05 Å². The van der Waals surface area contributed by atoms with Crippen molar-refractivity contribution < 1.29 is 18.0 Å². The summed E-state index contributed by atoms with van der Waals surface area (Å²) in [6.45, 7) is 8.73. The quantitative estimate of drug-likeness (QED) is 0.319. The number of alkyl halides is 3. The smallest absolute Gasteiger partial charge is 0.332 e. The summed E-state index contributed by atoms with van der Waals surface area (Å²) >= 11 is 0. The topological polar surface area (TPSA) is 96.0 Å². The molecule has 0 saturated carbocycles. The van der Waals surface area contributed by atoms with Gasteiger partial charge >= 0.3 is 17.9 Å². The van der Waals surface area contributed by atoms with Crippen LogP contribution in [0.15, 0.2) is 77.9 Å². The number of rotatable bonds is 5. The fourth-order valence-electron chi connectivity index (χ4n) is 4.38. The Hall–Kier alpha value is -5.38. The minimum absolute atomic E-state index is 0.0106. The fourth-order valence-corrected chi connectivity index (χ4v) is 4.38. The van der Waals surface area contributed by atoms with E-state index in [9.17, 15) is 22.8 Å². The fraction of sp³-hybridized carbons (Fsp3) is 0.148. The third kappa shape index (κ3) is 4.78. The molecule has 0 radical (unpaired) electrons. The Morgan fingerprint density at radius 3 is 2.48 bits per heavy atom. The number of aryl methyl sites for hydroxylation is 1. The van der Waals surface area contributed by atoms with Gasteiger partial charge in [0.15, 0.2) is 5.69 Å². The van der Waals surface area contributed by atoms with E-state index in [4.69, 9.17) is 6.57 Å².